The Balaban J connectivity index is 1.68. The van der Waals surface area contributed by atoms with E-state index >= 15 is 0 Å². The molecule has 2 saturated heterocycles. The Morgan fingerprint density at radius 2 is 1.67 bits per heavy atom. The van der Waals surface area contributed by atoms with E-state index in [-0.39, 0.29) is 35.9 Å². The van der Waals surface area contributed by atoms with Gasteiger partial charge in [0, 0.05) is 24.2 Å². The molecule has 1 aromatic carbocycles. The van der Waals surface area contributed by atoms with Crippen molar-refractivity contribution in [2.24, 2.45) is 23.3 Å². The lowest BCUT2D eigenvalue weighted by atomic mass is 9.82. The Morgan fingerprint density at radius 1 is 1.11 bits per heavy atom. The normalized spacial score (nSPS) is 26.7. The van der Waals surface area contributed by atoms with Gasteiger partial charge >= 0.3 is 0 Å². The highest BCUT2D eigenvalue weighted by Gasteiger charge is 2.46. The monoisotopic (exact) mass is 383 g/mol. The van der Waals surface area contributed by atoms with Crippen LogP contribution < -0.4 is 11.5 Å². The van der Waals surface area contributed by atoms with Crippen molar-refractivity contribution >= 4 is 11.8 Å². The summed E-state index contributed by atoms with van der Waals surface area (Å²) < 4.78 is 40.4. The molecular formula is C19H24F3N3O2. The van der Waals surface area contributed by atoms with Crippen LogP contribution in [-0.4, -0.2) is 34.8 Å². The number of rotatable bonds is 5. The average Bonchev–Trinajstić information content (AvgIpc) is 2.87. The minimum absolute atomic E-state index is 0.0242. The van der Waals surface area contributed by atoms with E-state index < -0.39 is 35.3 Å². The van der Waals surface area contributed by atoms with Gasteiger partial charge in [-0.05, 0) is 56.6 Å². The molecule has 2 heterocycles. The van der Waals surface area contributed by atoms with Gasteiger partial charge in [0.2, 0.25) is 11.8 Å². The second-order valence-corrected chi connectivity index (χ2v) is 7.71. The standard InChI is InChI=1S/C19H24F3N3O2/c1-9(18(24)26)19(27)25-12-2-3-13(25)5-11(4-12)17(23)7-10-6-15(21)16(22)8-14(10)20/h6,8-9,11-13,17H,2-5,7,23H2,1H3,(H2,24,26)/t9?,11?,12?,13?,17-/m1/s1. The van der Waals surface area contributed by atoms with Crippen molar-refractivity contribution in [3.05, 3.63) is 35.1 Å². The molecule has 4 N–H and O–H groups in total. The number of piperidine rings is 1. The summed E-state index contributed by atoms with van der Waals surface area (Å²) in [6, 6.07) is 0.908. The number of carbonyl (C=O) groups excluding carboxylic acids is 2. The lowest BCUT2D eigenvalue weighted by Gasteiger charge is -2.41. The van der Waals surface area contributed by atoms with E-state index in [9.17, 15) is 22.8 Å². The number of fused-ring (bicyclic) bond motifs is 2. The minimum atomic E-state index is -1.22. The molecule has 0 saturated carbocycles. The van der Waals surface area contributed by atoms with Crippen LogP contribution in [0.25, 0.3) is 0 Å². The van der Waals surface area contributed by atoms with Gasteiger partial charge in [-0.3, -0.25) is 9.59 Å². The summed E-state index contributed by atoms with van der Waals surface area (Å²) in [5, 5.41) is 0. The van der Waals surface area contributed by atoms with Crippen LogP contribution in [0.2, 0.25) is 0 Å². The first-order valence-corrected chi connectivity index (χ1v) is 9.19. The predicted octanol–water partition coefficient (Wildman–Crippen LogP) is 1.86. The molecule has 4 atom stereocenters. The molecule has 2 amide bonds. The third kappa shape index (κ3) is 3.81. The van der Waals surface area contributed by atoms with Crippen LogP contribution in [0.1, 0.15) is 38.2 Å². The fourth-order valence-corrected chi connectivity index (χ4v) is 4.41. The number of halogens is 3. The number of hydrogen-bond donors (Lipinski definition) is 2. The van der Waals surface area contributed by atoms with E-state index in [4.69, 9.17) is 11.5 Å². The summed E-state index contributed by atoms with van der Waals surface area (Å²) in [6.45, 7) is 1.51. The Kier molecular flexibility index (Phi) is 5.46. The van der Waals surface area contributed by atoms with Gasteiger partial charge in [0.1, 0.15) is 11.7 Å². The van der Waals surface area contributed by atoms with Crippen molar-refractivity contribution < 1.29 is 22.8 Å². The summed E-state index contributed by atoms with van der Waals surface area (Å²) >= 11 is 0. The molecule has 3 unspecified atom stereocenters. The molecule has 0 aliphatic carbocycles. The molecular weight excluding hydrogens is 359 g/mol. The van der Waals surface area contributed by atoms with Crippen molar-refractivity contribution in [2.75, 3.05) is 0 Å². The molecule has 0 aromatic heterocycles. The highest BCUT2D eigenvalue weighted by molar-refractivity contribution is 5.99. The second-order valence-electron chi connectivity index (χ2n) is 7.71. The fraction of sp³-hybridized carbons (Fsp3) is 0.579. The molecule has 0 spiro atoms. The summed E-state index contributed by atoms with van der Waals surface area (Å²) in [4.78, 5) is 25.6. The van der Waals surface area contributed by atoms with Crippen LogP contribution in [0.3, 0.4) is 0 Å². The van der Waals surface area contributed by atoms with E-state index in [0.29, 0.717) is 18.9 Å². The van der Waals surface area contributed by atoms with Crippen molar-refractivity contribution in [3.8, 4) is 0 Å². The van der Waals surface area contributed by atoms with E-state index in [1.807, 2.05) is 0 Å². The highest BCUT2D eigenvalue weighted by atomic mass is 19.2. The average molecular weight is 383 g/mol. The molecule has 2 aliphatic rings. The van der Waals surface area contributed by atoms with Crippen molar-refractivity contribution in [2.45, 2.75) is 57.2 Å². The van der Waals surface area contributed by atoms with Gasteiger partial charge in [-0.25, -0.2) is 13.2 Å². The van der Waals surface area contributed by atoms with Gasteiger partial charge in [-0.2, -0.15) is 0 Å². The van der Waals surface area contributed by atoms with E-state index in [2.05, 4.69) is 0 Å². The summed E-state index contributed by atoms with van der Waals surface area (Å²) in [6.07, 6.45) is 3.02. The molecule has 1 aromatic rings. The van der Waals surface area contributed by atoms with Crippen LogP contribution in [0.4, 0.5) is 13.2 Å². The topological polar surface area (TPSA) is 89.4 Å². The lowest BCUT2D eigenvalue weighted by molar-refractivity contribution is -0.144. The number of hydrogen-bond acceptors (Lipinski definition) is 3. The molecule has 0 radical (unpaired) electrons. The number of nitrogens with two attached hydrogens (primary N) is 2. The molecule has 2 bridgehead atoms. The van der Waals surface area contributed by atoms with Crippen molar-refractivity contribution in [1.82, 2.24) is 4.90 Å². The molecule has 27 heavy (non-hydrogen) atoms. The zero-order valence-electron chi connectivity index (χ0n) is 15.1. The van der Waals surface area contributed by atoms with Crippen LogP contribution >= 0.6 is 0 Å². The highest BCUT2D eigenvalue weighted by Crippen LogP contribution is 2.41. The molecule has 148 valence electrons. The zero-order chi connectivity index (χ0) is 19.9. The summed E-state index contributed by atoms with van der Waals surface area (Å²) in [5.41, 5.74) is 11.6. The number of primary amides is 1. The molecule has 3 rings (SSSR count). The van der Waals surface area contributed by atoms with Gasteiger partial charge in [-0.15, -0.1) is 0 Å². The number of benzene rings is 1. The molecule has 2 fully saturated rings. The smallest absolute Gasteiger partial charge is 0.235 e. The van der Waals surface area contributed by atoms with Gasteiger partial charge < -0.3 is 16.4 Å². The maximum absolute atomic E-state index is 13.9. The second kappa shape index (κ2) is 7.50. The lowest BCUT2D eigenvalue weighted by Crippen LogP contribution is -2.53. The van der Waals surface area contributed by atoms with Crippen LogP contribution in [0.5, 0.6) is 0 Å². The first-order valence-electron chi connectivity index (χ1n) is 9.19. The molecule has 5 nitrogen and oxygen atoms in total. The number of amides is 2. The number of nitrogens with zero attached hydrogens (tertiary/aromatic N) is 1. The third-order valence-electron chi connectivity index (χ3n) is 5.97. The largest absolute Gasteiger partial charge is 0.369 e. The van der Waals surface area contributed by atoms with Crippen LogP contribution in [-0.2, 0) is 16.0 Å². The van der Waals surface area contributed by atoms with Crippen LogP contribution in [0.15, 0.2) is 12.1 Å². The van der Waals surface area contributed by atoms with Gasteiger partial charge in [0.05, 0.1) is 0 Å². The Hall–Kier alpha value is -2.09. The SMILES string of the molecule is CC(C(N)=O)C(=O)N1C2CCC1CC([C@H](N)Cc1cc(F)c(F)cc1F)C2. The molecule has 2 aliphatic heterocycles. The van der Waals surface area contributed by atoms with Gasteiger partial charge in [0.25, 0.3) is 0 Å². The van der Waals surface area contributed by atoms with Crippen LogP contribution in [0, 0.1) is 29.3 Å². The summed E-state index contributed by atoms with van der Waals surface area (Å²) in [5.74, 6) is -4.87. The summed E-state index contributed by atoms with van der Waals surface area (Å²) in [7, 11) is 0. The first kappa shape index (κ1) is 19.7. The fourth-order valence-electron chi connectivity index (χ4n) is 4.41. The van der Waals surface area contributed by atoms with E-state index in [1.54, 1.807) is 4.90 Å². The van der Waals surface area contributed by atoms with Crippen molar-refractivity contribution in [1.29, 1.82) is 0 Å². The Bertz CT molecular complexity index is 744. The predicted molar refractivity (Wildman–Crippen MR) is 92.7 cm³/mol. The van der Waals surface area contributed by atoms with Gasteiger partial charge in [-0.1, -0.05) is 0 Å². The quantitative estimate of drug-likeness (QED) is 0.601. The minimum Gasteiger partial charge on any atom is -0.369 e. The van der Waals surface area contributed by atoms with E-state index in [1.165, 1.54) is 6.92 Å². The van der Waals surface area contributed by atoms with Gasteiger partial charge in [0.15, 0.2) is 11.6 Å². The third-order valence-corrected chi connectivity index (χ3v) is 5.97. The first-order chi connectivity index (χ1) is 12.7. The molecule has 8 heteroatoms. The van der Waals surface area contributed by atoms with Crippen molar-refractivity contribution in [3.63, 3.8) is 0 Å². The number of carbonyl (C=O) groups is 2. The maximum atomic E-state index is 13.9. The Morgan fingerprint density at radius 3 is 2.22 bits per heavy atom. The maximum Gasteiger partial charge on any atom is 0.235 e. The Labute approximate surface area is 155 Å². The zero-order valence-corrected chi connectivity index (χ0v) is 15.1. The van der Waals surface area contributed by atoms with E-state index in [0.717, 1.165) is 18.9 Å².